The number of benzene rings is 1. The van der Waals surface area contributed by atoms with Crippen LogP contribution in [-0.2, 0) is 16.6 Å². The van der Waals surface area contributed by atoms with E-state index in [0.29, 0.717) is 0 Å². The second-order valence-electron chi connectivity index (χ2n) is 7.01. The second kappa shape index (κ2) is 7.08. The average molecular weight is 288 g/mol. The van der Waals surface area contributed by atoms with Gasteiger partial charge in [-0.25, -0.2) is 0 Å². The summed E-state index contributed by atoms with van der Waals surface area (Å²) in [6, 6.07) is 8.75. The lowest BCUT2D eigenvalue weighted by molar-refractivity contribution is -0.125. The van der Waals surface area contributed by atoms with Crippen molar-refractivity contribution in [3.8, 4) is 0 Å². The van der Waals surface area contributed by atoms with Crippen molar-refractivity contribution in [1.29, 1.82) is 0 Å². The second-order valence-corrected chi connectivity index (χ2v) is 7.01. The predicted octanol–water partition coefficient (Wildman–Crippen LogP) is 2.64. The molecule has 3 heteroatoms. The van der Waals surface area contributed by atoms with Crippen molar-refractivity contribution >= 4 is 5.91 Å². The zero-order valence-corrected chi connectivity index (χ0v) is 13.5. The van der Waals surface area contributed by atoms with E-state index in [1.165, 1.54) is 11.1 Å². The molecule has 116 valence electrons. The topological polar surface area (TPSA) is 41.1 Å². The van der Waals surface area contributed by atoms with Crippen molar-refractivity contribution in [2.75, 3.05) is 19.6 Å². The summed E-state index contributed by atoms with van der Waals surface area (Å²) in [7, 11) is 0. The molecule has 0 spiro atoms. The Labute approximate surface area is 128 Å². The molecular weight excluding hydrogens is 260 g/mol. The molecule has 3 nitrogen and oxygen atoms in total. The van der Waals surface area contributed by atoms with Crippen LogP contribution < -0.4 is 10.6 Å². The van der Waals surface area contributed by atoms with Gasteiger partial charge in [0.05, 0.1) is 0 Å². The third-order valence-electron chi connectivity index (χ3n) is 4.24. The van der Waals surface area contributed by atoms with Gasteiger partial charge in [-0.1, -0.05) is 45.0 Å². The van der Waals surface area contributed by atoms with Crippen molar-refractivity contribution in [2.45, 2.75) is 45.4 Å². The van der Waals surface area contributed by atoms with Gasteiger partial charge in [-0.2, -0.15) is 0 Å². The number of hydrogen-bond acceptors (Lipinski definition) is 2. The smallest absolute Gasteiger partial charge is 0.223 e. The number of rotatable bonds is 4. The summed E-state index contributed by atoms with van der Waals surface area (Å²) in [5.41, 5.74) is 2.83. The molecule has 1 fully saturated rings. The van der Waals surface area contributed by atoms with Gasteiger partial charge in [0.15, 0.2) is 0 Å². The Morgan fingerprint density at radius 2 is 1.81 bits per heavy atom. The van der Waals surface area contributed by atoms with E-state index < -0.39 is 0 Å². The summed E-state index contributed by atoms with van der Waals surface area (Å²) in [5.74, 6) is 0.428. The van der Waals surface area contributed by atoms with Gasteiger partial charge >= 0.3 is 0 Å². The minimum atomic E-state index is 0.196. The SMILES string of the molecule is CC(C)(C)c1ccc(CCNC(=O)C2CCNCC2)cc1. The summed E-state index contributed by atoms with van der Waals surface area (Å²) < 4.78 is 0. The van der Waals surface area contributed by atoms with E-state index in [0.717, 1.165) is 38.9 Å². The van der Waals surface area contributed by atoms with Gasteiger partial charge in [-0.3, -0.25) is 4.79 Å². The number of nitrogens with one attached hydrogen (secondary N) is 2. The van der Waals surface area contributed by atoms with Crippen LogP contribution in [0.2, 0.25) is 0 Å². The van der Waals surface area contributed by atoms with E-state index in [2.05, 4.69) is 55.7 Å². The number of carbonyl (C=O) groups excluding carboxylic acids is 1. The fourth-order valence-corrected chi connectivity index (χ4v) is 2.73. The van der Waals surface area contributed by atoms with E-state index in [9.17, 15) is 4.79 Å². The van der Waals surface area contributed by atoms with E-state index in [1.54, 1.807) is 0 Å². The summed E-state index contributed by atoms with van der Waals surface area (Å²) in [4.78, 5) is 12.0. The minimum Gasteiger partial charge on any atom is -0.356 e. The molecule has 21 heavy (non-hydrogen) atoms. The molecule has 1 aliphatic rings. The first kappa shape index (κ1) is 16.0. The quantitative estimate of drug-likeness (QED) is 0.894. The zero-order chi connectivity index (χ0) is 15.3. The van der Waals surface area contributed by atoms with Crippen LogP contribution in [0, 0.1) is 5.92 Å². The molecule has 1 aliphatic heterocycles. The zero-order valence-electron chi connectivity index (χ0n) is 13.5. The Morgan fingerprint density at radius 1 is 1.19 bits per heavy atom. The summed E-state index contributed by atoms with van der Waals surface area (Å²) in [5, 5.41) is 6.37. The number of piperidine rings is 1. The molecule has 0 aromatic heterocycles. The molecule has 1 heterocycles. The van der Waals surface area contributed by atoms with Crippen molar-refractivity contribution < 1.29 is 4.79 Å². The third-order valence-corrected chi connectivity index (χ3v) is 4.24. The van der Waals surface area contributed by atoms with Crippen LogP contribution in [0.3, 0.4) is 0 Å². The maximum Gasteiger partial charge on any atom is 0.223 e. The monoisotopic (exact) mass is 288 g/mol. The Kier molecular flexibility index (Phi) is 5.40. The number of hydrogen-bond donors (Lipinski definition) is 2. The molecule has 2 rings (SSSR count). The molecular formula is C18H28N2O. The lowest BCUT2D eigenvalue weighted by atomic mass is 9.86. The molecule has 2 N–H and O–H groups in total. The molecule has 1 amide bonds. The molecule has 1 saturated heterocycles. The fourth-order valence-electron chi connectivity index (χ4n) is 2.73. The maximum absolute atomic E-state index is 12.0. The lowest BCUT2D eigenvalue weighted by Gasteiger charge is -2.22. The van der Waals surface area contributed by atoms with Gasteiger partial charge < -0.3 is 10.6 Å². The van der Waals surface area contributed by atoms with Crippen molar-refractivity contribution in [3.05, 3.63) is 35.4 Å². The number of carbonyl (C=O) groups is 1. The van der Waals surface area contributed by atoms with Crippen LogP contribution in [0.15, 0.2) is 24.3 Å². The van der Waals surface area contributed by atoms with Crippen LogP contribution in [0.1, 0.15) is 44.7 Å². The molecule has 0 atom stereocenters. The van der Waals surface area contributed by atoms with E-state index >= 15 is 0 Å². The molecule has 0 bridgehead atoms. The molecule has 1 aromatic rings. The van der Waals surface area contributed by atoms with Gasteiger partial charge in [0, 0.05) is 12.5 Å². The first-order valence-corrected chi connectivity index (χ1v) is 8.04. The largest absolute Gasteiger partial charge is 0.356 e. The predicted molar refractivity (Wildman–Crippen MR) is 87.4 cm³/mol. The molecule has 0 saturated carbocycles. The van der Waals surface area contributed by atoms with Gasteiger partial charge in [0.2, 0.25) is 5.91 Å². The highest BCUT2D eigenvalue weighted by molar-refractivity contribution is 5.78. The lowest BCUT2D eigenvalue weighted by Crippen LogP contribution is -2.38. The Morgan fingerprint density at radius 3 is 2.38 bits per heavy atom. The highest BCUT2D eigenvalue weighted by Crippen LogP contribution is 2.22. The van der Waals surface area contributed by atoms with Crippen molar-refractivity contribution in [2.24, 2.45) is 5.92 Å². The van der Waals surface area contributed by atoms with Crippen molar-refractivity contribution in [3.63, 3.8) is 0 Å². The molecule has 0 radical (unpaired) electrons. The van der Waals surface area contributed by atoms with E-state index in [4.69, 9.17) is 0 Å². The van der Waals surface area contributed by atoms with Gasteiger partial charge in [-0.15, -0.1) is 0 Å². The Balaban J connectivity index is 1.76. The van der Waals surface area contributed by atoms with Crippen LogP contribution >= 0.6 is 0 Å². The van der Waals surface area contributed by atoms with Crippen LogP contribution in [0.25, 0.3) is 0 Å². The van der Waals surface area contributed by atoms with Gasteiger partial charge in [0.25, 0.3) is 0 Å². The summed E-state index contributed by atoms with van der Waals surface area (Å²) in [6.07, 6.45) is 2.83. The van der Waals surface area contributed by atoms with Crippen LogP contribution in [0.5, 0.6) is 0 Å². The van der Waals surface area contributed by atoms with E-state index in [1.807, 2.05) is 0 Å². The standard InChI is InChI=1S/C18H28N2O/c1-18(2,3)16-6-4-14(5-7-16)8-13-20-17(21)15-9-11-19-12-10-15/h4-7,15,19H,8-13H2,1-3H3,(H,20,21). The van der Waals surface area contributed by atoms with Gasteiger partial charge in [-0.05, 0) is 48.9 Å². The average Bonchev–Trinajstić information content (AvgIpc) is 2.47. The fraction of sp³-hybridized carbons (Fsp3) is 0.611. The summed E-state index contributed by atoms with van der Waals surface area (Å²) in [6.45, 7) is 9.33. The Hall–Kier alpha value is -1.35. The van der Waals surface area contributed by atoms with Crippen LogP contribution in [-0.4, -0.2) is 25.5 Å². The third kappa shape index (κ3) is 4.85. The molecule has 0 aliphatic carbocycles. The highest BCUT2D eigenvalue weighted by atomic mass is 16.1. The minimum absolute atomic E-state index is 0.196. The number of amides is 1. The summed E-state index contributed by atoms with van der Waals surface area (Å²) >= 11 is 0. The normalized spacial score (nSPS) is 16.7. The molecule has 1 aromatic carbocycles. The van der Waals surface area contributed by atoms with E-state index in [-0.39, 0.29) is 17.2 Å². The first-order valence-electron chi connectivity index (χ1n) is 8.04. The Bertz CT molecular complexity index is 453. The first-order chi connectivity index (χ1) is 9.97. The highest BCUT2D eigenvalue weighted by Gasteiger charge is 2.20. The maximum atomic E-state index is 12.0. The van der Waals surface area contributed by atoms with Crippen LogP contribution in [0.4, 0.5) is 0 Å². The molecule has 0 unspecified atom stereocenters. The van der Waals surface area contributed by atoms with Gasteiger partial charge in [0.1, 0.15) is 0 Å². The van der Waals surface area contributed by atoms with Crippen molar-refractivity contribution in [1.82, 2.24) is 10.6 Å².